The van der Waals surface area contributed by atoms with Crippen LogP contribution >= 0.6 is 11.8 Å². The number of carbonyl (C=O) groups is 3. The Balaban J connectivity index is 1.91. The fourth-order valence-electron chi connectivity index (χ4n) is 2.98. The molecule has 3 aliphatic rings. The highest BCUT2D eigenvalue weighted by molar-refractivity contribution is 8.00. The Kier molecular flexibility index (Phi) is 4.15. The topological polar surface area (TPSA) is 104 Å². The molecular formula is C14H16FN3O4S. The number of rotatable bonds is 4. The van der Waals surface area contributed by atoms with Crippen molar-refractivity contribution in [2.24, 2.45) is 5.73 Å². The summed E-state index contributed by atoms with van der Waals surface area (Å²) in [6.45, 7) is -0.148. The first-order valence-corrected chi connectivity index (χ1v) is 8.23. The van der Waals surface area contributed by atoms with Gasteiger partial charge >= 0.3 is 5.97 Å². The van der Waals surface area contributed by atoms with Gasteiger partial charge in [0.05, 0.1) is 0 Å². The van der Waals surface area contributed by atoms with Crippen LogP contribution in [0.25, 0.3) is 0 Å². The van der Waals surface area contributed by atoms with E-state index in [0.717, 1.165) is 0 Å². The van der Waals surface area contributed by atoms with Crippen molar-refractivity contribution in [3.8, 4) is 0 Å². The number of aliphatic carboxylic acids is 1. The molecule has 0 saturated carbocycles. The molecule has 2 unspecified atom stereocenters. The maximum atomic E-state index is 12.4. The largest absolute Gasteiger partial charge is 0.477 e. The van der Waals surface area contributed by atoms with Gasteiger partial charge in [0.1, 0.15) is 23.8 Å². The van der Waals surface area contributed by atoms with E-state index in [0.29, 0.717) is 29.9 Å². The Morgan fingerprint density at radius 1 is 1.48 bits per heavy atom. The summed E-state index contributed by atoms with van der Waals surface area (Å²) in [4.78, 5) is 38.1. The van der Waals surface area contributed by atoms with E-state index in [1.807, 2.05) is 0 Å². The zero-order valence-corrected chi connectivity index (χ0v) is 13.0. The standard InChI is InChI=1S/C14H16FN3O4S/c15-2-4-17-3-1-7(11(17)19)5-8-6-23-13-9(16)12(20)18(13)10(8)14(21)22/h5,9,13H,1-4,6,16H2,(H,21,22)/b7-5+. The average Bonchev–Trinajstić information content (AvgIpc) is 2.87. The lowest BCUT2D eigenvalue weighted by Gasteiger charge is -2.47. The lowest BCUT2D eigenvalue weighted by atomic mass is 10.0. The van der Waals surface area contributed by atoms with Crippen molar-refractivity contribution in [3.05, 3.63) is 22.9 Å². The molecule has 2 fully saturated rings. The highest BCUT2D eigenvalue weighted by Gasteiger charge is 2.51. The van der Waals surface area contributed by atoms with Crippen LogP contribution in [0.5, 0.6) is 0 Å². The van der Waals surface area contributed by atoms with Crippen LogP contribution in [-0.4, -0.2) is 69.6 Å². The summed E-state index contributed by atoms with van der Waals surface area (Å²) in [5, 5.41) is 9.07. The number of carboxylic acids is 1. The number of amides is 2. The van der Waals surface area contributed by atoms with Crippen LogP contribution in [0.15, 0.2) is 22.9 Å². The fourth-order valence-corrected chi connectivity index (χ4v) is 4.23. The molecule has 3 heterocycles. The van der Waals surface area contributed by atoms with Crippen LogP contribution in [0.3, 0.4) is 0 Å². The van der Waals surface area contributed by atoms with Crippen molar-refractivity contribution < 1.29 is 23.9 Å². The Hall–Kier alpha value is -1.87. The summed E-state index contributed by atoms with van der Waals surface area (Å²) in [7, 11) is 0. The van der Waals surface area contributed by atoms with Gasteiger partial charge in [-0.05, 0) is 18.1 Å². The number of nitrogens with zero attached hydrogens (tertiary/aromatic N) is 2. The smallest absolute Gasteiger partial charge is 0.352 e. The SMILES string of the molecule is NC1C(=O)N2C(C(=O)O)=C(/C=C3\CCN(CCF)C3=O)CSC12. The zero-order valence-electron chi connectivity index (χ0n) is 12.2. The van der Waals surface area contributed by atoms with Gasteiger partial charge in [-0.25, -0.2) is 9.18 Å². The Morgan fingerprint density at radius 3 is 2.87 bits per heavy atom. The molecule has 124 valence electrons. The third-order valence-corrected chi connectivity index (χ3v) is 5.48. The number of carbonyl (C=O) groups excluding carboxylic acids is 2. The zero-order chi connectivity index (χ0) is 16.7. The quantitative estimate of drug-likeness (QED) is 0.537. The number of hydrogen-bond donors (Lipinski definition) is 2. The molecule has 0 radical (unpaired) electrons. The minimum Gasteiger partial charge on any atom is -0.477 e. The normalized spacial score (nSPS) is 29.2. The number of β-lactam (4-membered cyclic amide) rings is 1. The molecule has 2 amide bonds. The van der Waals surface area contributed by atoms with Crippen molar-refractivity contribution in [1.82, 2.24) is 9.80 Å². The molecule has 3 N–H and O–H groups in total. The summed E-state index contributed by atoms with van der Waals surface area (Å²) < 4.78 is 12.4. The van der Waals surface area contributed by atoms with Crippen molar-refractivity contribution >= 4 is 29.5 Å². The number of carboxylic acid groups (broad SMARTS) is 1. The minimum atomic E-state index is -1.21. The summed E-state index contributed by atoms with van der Waals surface area (Å²) >= 11 is 1.38. The minimum absolute atomic E-state index is 0.0390. The van der Waals surface area contributed by atoms with Gasteiger partial charge < -0.3 is 15.7 Å². The van der Waals surface area contributed by atoms with Crippen LogP contribution in [-0.2, 0) is 14.4 Å². The van der Waals surface area contributed by atoms with Crippen LogP contribution in [0.1, 0.15) is 6.42 Å². The fraction of sp³-hybridized carbons (Fsp3) is 0.500. The monoisotopic (exact) mass is 341 g/mol. The van der Waals surface area contributed by atoms with E-state index in [1.165, 1.54) is 27.6 Å². The first kappa shape index (κ1) is 16.0. The molecule has 3 aliphatic heterocycles. The van der Waals surface area contributed by atoms with Crippen molar-refractivity contribution in [2.45, 2.75) is 17.8 Å². The van der Waals surface area contributed by atoms with Crippen LogP contribution in [0.2, 0.25) is 0 Å². The molecule has 2 saturated heterocycles. The van der Waals surface area contributed by atoms with Gasteiger partial charge in [-0.2, -0.15) is 0 Å². The molecule has 0 aromatic rings. The van der Waals surface area contributed by atoms with E-state index in [1.54, 1.807) is 0 Å². The molecule has 9 heteroatoms. The van der Waals surface area contributed by atoms with Crippen molar-refractivity contribution in [2.75, 3.05) is 25.5 Å². The number of nitrogens with two attached hydrogens (primary N) is 1. The summed E-state index contributed by atoms with van der Waals surface area (Å²) in [6.07, 6.45) is 1.97. The number of thioether (sulfide) groups is 1. The van der Waals surface area contributed by atoms with Crippen LogP contribution < -0.4 is 5.73 Å². The summed E-state index contributed by atoms with van der Waals surface area (Å²) in [5.41, 5.74) is 6.44. The molecule has 0 bridgehead atoms. The van der Waals surface area contributed by atoms with Gasteiger partial charge in [0, 0.05) is 24.4 Å². The summed E-state index contributed by atoms with van der Waals surface area (Å²) in [5.74, 6) is -1.55. The molecule has 0 spiro atoms. The van der Waals surface area contributed by atoms with Gasteiger partial charge in [0.25, 0.3) is 0 Å². The third kappa shape index (κ3) is 2.53. The van der Waals surface area contributed by atoms with E-state index in [4.69, 9.17) is 5.73 Å². The Labute approximate surface area is 136 Å². The molecule has 2 atom stereocenters. The third-order valence-electron chi connectivity index (χ3n) is 4.16. The van der Waals surface area contributed by atoms with E-state index in [-0.39, 0.29) is 23.5 Å². The van der Waals surface area contributed by atoms with Crippen molar-refractivity contribution in [1.29, 1.82) is 0 Å². The van der Waals surface area contributed by atoms with Crippen LogP contribution in [0, 0.1) is 0 Å². The Bertz CT molecular complexity index is 648. The molecular weight excluding hydrogens is 325 g/mol. The van der Waals surface area contributed by atoms with E-state index >= 15 is 0 Å². The van der Waals surface area contributed by atoms with E-state index in [2.05, 4.69) is 0 Å². The first-order chi connectivity index (χ1) is 11.0. The number of likely N-dealkylation sites (tertiary alicyclic amines) is 1. The lowest BCUT2D eigenvalue weighted by Crippen LogP contribution is -2.68. The molecule has 7 nitrogen and oxygen atoms in total. The predicted octanol–water partition coefficient (Wildman–Crippen LogP) is -0.304. The lowest BCUT2D eigenvalue weighted by molar-refractivity contribution is -0.147. The maximum absolute atomic E-state index is 12.4. The number of hydrogen-bond acceptors (Lipinski definition) is 5. The second-order valence-corrected chi connectivity index (χ2v) is 6.62. The highest BCUT2D eigenvalue weighted by atomic mass is 32.2. The molecule has 0 aliphatic carbocycles. The first-order valence-electron chi connectivity index (χ1n) is 7.18. The van der Waals surface area contributed by atoms with Gasteiger partial charge in [-0.1, -0.05) is 0 Å². The molecule has 0 aromatic heterocycles. The van der Waals surface area contributed by atoms with Crippen LogP contribution in [0.4, 0.5) is 4.39 Å². The molecule has 23 heavy (non-hydrogen) atoms. The van der Waals surface area contributed by atoms with Gasteiger partial charge in [0.15, 0.2) is 0 Å². The van der Waals surface area contributed by atoms with E-state index < -0.39 is 24.6 Å². The number of fused-ring (bicyclic) bond motifs is 1. The Morgan fingerprint density at radius 2 is 2.22 bits per heavy atom. The molecule has 3 rings (SSSR count). The number of allylic oxidation sites excluding steroid dienone is 1. The van der Waals surface area contributed by atoms with Gasteiger partial charge in [-0.3, -0.25) is 14.5 Å². The second kappa shape index (κ2) is 5.97. The maximum Gasteiger partial charge on any atom is 0.352 e. The van der Waals surface area contributed by atoms with Gasteiger partial charge in [-0.15, -0.1) is 11.8 Å². The molecule has 0 aromatic carbocycles. The average molecular weight is 341 g/mol. The second-order valence-electron chi connectivity index (χ2n) is 5.52. The highest BCUT2D eigenvalue weighted by Crippen LogP contribution is 2.40. The van der Waals surface area contributed by atoms with Gasteiger partial charge in [0.2, 0.25) is 11.8 Å². The predicted molar refractivity (Wildman–Crippen MR) is 81.0 cm³/mol. The van der Waals surface area contributed by atoms with E-state index in [9.17, 15) is 23.9 Å². The summed E-state index contributed by atoms with van der Waals surface area (Å²) in [6, 6.07) is -0.684. The number of halogens is 1. The van der Waals surface area contributed by atoms with Crippen molar-refractivity contribution in [3.63, 3.8) is 0 Å². The number of alkyl halides is 1.